The molecule has 1 saturated heterocycles. The maximum Gasteiger partial charge on any atom is 0.105 e. The highest BCUT2D eigenvalue weighted by Gasteiger charge is 2.21. The molecule has 3 rings (SSSR count). The summed E-state index contributed by atoms with van der Waals surface area (Å²) in [6, 6.07) is 10.9. The summed E-state index contributed by atoms with van der Waals surface area (Å²) in [4.78, 5) is 6.96. The number of likely N-dealkylation sites (tertiary alicyclic amines) is 1. The molecule has 1 fully saturated rings. The molecule has 0 bridgehead atoms. The minimum Gasteiger partial charge on any atom is -0.334 e. The van der Waals surface area contributed by atoms with Crippen LogP contribution in [-0.2, 0) is 13.6 Å². The Kier molecular flexibility index (Phi) is 3.88. The minimum absolute atomic E-state index is 0.680. The van der Waals surface area contributed by atoms with Gasteiger partial charge in [-0.05, 0) is 37.8 Å². The molecule has 1 atom stereocenters. The number of imidazole rings is 1. The summed E-state index contributed by atoms with van der Waals surface area (Å²) in [6.07, 6.45) is 4.61. The van der Waals surface area contributed by atoms with Crippen molar-refractivity contribution in [3.63, 3.8) is 0 Å². The average Bonchev–Trinajstić information content (AvgIpc) is 2.81. The Morgan fingerprint density at radius 1 is 1.25 bits per heavy atom. The van der Waals surface area contributed by atoms with Crippen LogP contribution in [0.25, 0.3) is 0 Å². The van der Waals surface area contributed by atoms with Crippen molar-refractivity contribution in [2.24, 2.45) is 7.05 Å². The molecular formula is C17H23N3. The fraction of sp³-hybridized carbons (Fsp3) is 0.471. The Morgan fingerprint density at radius 2 is 2.05 bits per heavy atom. The summed E-state index contributed by atoms with van der Waals surface area (Å²) in [7, 11) is 2.11. The molecule has 0 saturated carbocycles. The van der Waals surface area contributed by atoms with Crippen LogP contribution in [0, 0.1) is 6.92 Å². The van der Waals surface area contributed by atoms with Gasteiger partial charge in [0.2, 0.25) is 0 Å². The Hall–Kier alpha value is -1.61. The third-order valence-electron chi connectivity index (χ3n) is 4.48. The SMILES string of the molecule is Cc1ncc(CN2CCCC(c3ccccc3)C2)n1C. The third-order valence-corrected chi connectivity index (χ3v) is 4.48. The molecule has 0 aliphatic carbocycles. The maximum absolute atomic E-state index is 4.40. The van der Waals surface area contributed by atoms with Crippen molar-refractivity contribution < 1.29 is 0 Å². The third kappa shape index (κ3) is 2.78. The number of aromatic nitrogens is 2. The van der Waals surface area contributed by atoms with E-state index in [-0.39, 0.29) is 0 Å². The number of hydrogen-bond donors (Lipinski definition) is 0. The molecule has 20 heavy (non-hydrogen) atoms. The molecule has 1 unspecified atom stereocenters. The van der Waals surface area contributed by atoms with E-state index in [0.29, 0.717) is 5.92 Å². The zero-order valence-electron chi connectivity index (χ0n) is 12.4. The van der Waals surface area contributed by atoms with Gasteiger partial charge in [-0.25, -0.2) is 4.98 Å². The van der Waals surface area contributed by atoms with Gasteiger partial charge in [0, 0.05) is 26.3 Å². The number of nitrogens with zero attached hydrogens (tertiary/aromatic N) is 3. The molecule has 1 aromatic carbocycles. The van der Waals surface area contributed by atoms with Gasteiger partial charge in [0.25, 0.3) is 0 Å². The van der Waals surface area contributed by atoms with Crippen molar-refractivity contribution in [2.45, 2.75) is 32.2 Å². The fourth-order valence-electron chi connectivity index (χ4n) is 3.12. The summed E-state index contributed by atoms with van der Waals surface area (Å²) < 4.78 is 2.20. The first-order chi connectivity index (χ1) is 9.74. The van der Waals surface area contributed by atoms with E-state index < -0.39 is 0 Å². The van der Waals surface area contributed by atoms with Gasteiger partial charge in [0.05, 0.1) is 5.69 Å². The largest absolute Gasteiger partial charge is 0.334 e. The normalized spacial score (nSPS) is 20.2. The van der Waals surface area contributed by atoms with E-state index in [1.165, 1.54) is 30.6 Å². The van der Waals surface area contributed by atoms with E-state index in [9.17, 15) is 0 Å². The molecule has 0 radical (unpaired) electrons. The molecule has 1 aromatic heterocycles. The first-order valence-corrected chi connectivity index (χ1v) is 7.48. The molecule has 2 aromatic rings. The molecule has 3 nitrogen and oxygen atoms in total. The Labute approximate surface area is 121 Å². The van der Waals surface area contributed by atoms with Gasteiger partial charge in [0.1, 0.15) is 5.82 Å². The van der Waals surface area contributed by atoms with Crippen LogP contribution < -0.4 is 0 Å². The van der Waals surface area contributed by atoms with E-state index in [1.54, 1.807) is 0 Å². The van der Waals surface area contributed by atoms with Gasteiger partial charge >= 0.3 is 0 Å². The quantitative estimate of drug-likeness (QED) is 0.853. The lowest BCUT2D eigenvalue weighted by atomic mass is 9.90. The molecule has 0 spiro atoms. The smallest absolute Gasteiger partial charge is 0.105 e. The number of hydrogen-bond acceptors (Lipinski definition) is 2. The molecular weight excluding hydrogens is 246 g/mol. The van der Waals surface area contributed by atoms with Crippen LogP contribution in [0.5, 0.6) is 0 Å². The van der Waals surface area contributed by atoms with E-state index in [4.69, 9.17) is 0 Å². The number of piperidine rings is 1. The van der Waals surface area contributed by atoms with Crippen molar-refractivity contribution in [1.82, 2.24) is 14.5 Å². The lowest BCUT2D eigenvalue weighted by Crippen LogP contribution is -2.34. The second kappa shape index (κ2) is 5.80. The van der Waals surface area contributed by atoms with Gasteiger partial charge in [-0.1, -0.05) is 30.3 Å². The van der Waals surface area contributed by atoms with Crippen LogP contribution in [0.15, 0.2) is 36.5 Å². The number of rotatable bonds is 3. The monoisotopic (exact) mass is 269 g/mol. The molecule has 2 heterocycles. The molecule has 1 aliphatic heterocycles. The van der Waals surface area contributed by atoms with Gasteiger partial charge in [-0.2, -0.15) is 0 Å². The predicted molar refractivity (Wildman–Crippen MR) is 81.6 cm³/mol. The standard InChI is InChI=1S/C17H23N3/c1-14-18-11-17(19(14)2)13-20-10-6-9-16(12-20)15-7-4-3-5-8-15/h3-5,7-8,11,16H,6,9-10,12-13H2,1-2H3. The summed E-state index contributed by atoms with van der Waals surface area (Å²) in [5, 5.41) is 0. The molecule has 0 amide bonds. The molecule has 3 heteroatoms. The number of aryl methyl sites for hydroxylation is 1. The molecule has 106 valence electrons. The van der Waals surface area contributed by atoms with Crippen LogP contribution in [0.4, 0.5) is 0 Å². The first kappa shape index (κ1) is 13.4. The molecule has 0 N–H and O–H groups in total. The maximum atomic E-state index is 4.40. The van der Waals surface area contributed by atoms with E-state index in [0.717, 1.165) is 18.9 Å². The average molecular weight is 269 g/mol. The summed E-state index contributed by atoms with van der Waals surface area (Å²) >= 11 is 0. The van der Waals surface area contributed by atoms with Gasteiger partial charge in [-0.15, -0.1) is 0 Å². The highest BCUT2D eigenvalue weighted by atomic mass is 15.2. The second-order valence-corrected chi connectivity index (χ2v) is 5.84. The highest BCUT2D eigenvalue weighted by Crippen LogP contribution is 2.27. The lowest BCUT2D eigenvalue weighted by Gasteiger charge is -2.33. The predicted octanol–water partition coefficient (Wildman–Crippen LogP) is 3.11. The summed E-state index contributed by atoms with van der Waals surface area (Å²) in [5.74, 6) is 1.77. The van der Waals surface area contributed by atoms with Gasteiger partial charge < -0.3 is 4.57 Å². The topological polar surface area (TPSA) is 21.1 Å². The Morgan fingerprint density at radius 3 is 2.75 bits per heavy atom. The van der Waals surface area contributed by atoms with Crippen molar-refractivity contribution in [1.29, 1.82) is 0 Å². The minimum atomic E-state index is 0.680. The van der Waals surface area contributed by atoms with Gasteiger partial charge in [-0.3, -0.25) is 4.90 Å². The van der Waals surface area contributed by atoms with Crippen molar-refractivity contribution >= 4 is 0 Å². The van der Waals surface area contributed by atoms with Crippen molar-refractivity contribution in [3.8, 4) is 0 Å². The van der Waals surface area contributed by atoms with Crippen LogP contribution in [-0.4, -0.2) is 27.5 Å². The van der Waals surface area contributed by atoms with Crippen LogP contribution >= 0.6 is 0 Å². The second-order valence-electron chi connectivity index (χ2n) is 5.84. The zero-order chi connectivity index (χ0) is 13.9. The zero-order valence-corrected chi connectivity index (χ0v) is 12.4. The number of benzene rings is 1. The van der Waals surface area contributed by atoms with E-state index in [2.05, 4.69) is 58.8 Å². The van der Waals surface area contributed by atoms with E-state index in [1.807, 2.05) is 6.20 Å². The fourth-order valence-corrected chi connectivity index (χ4v) is 3.12. The van der Waals surface area contributed by atoms with Crippen LogP contribution in [0.1, 0.15) is 35.8 Å². The first-order valence-electron chi connectivity index (χ1n) is 7.48. The van der Waals surface area contributed by atoms with Gasteiger partial charge in [0.15, 0.2) is 0 Å². The van der Waals surface area contributed by atoms with Crippen LogP contribution in [0.3, 0.4) is 0 Å². The van der Waals surface area contributed by atoms with Crippen molar-refractivity contribution in [2.75, 3.05) is 13.1 Å². The molecule has 1 aliphatic rings. The Bertz CT molecular complexity index is 559. The Balaban J connectivity index is 1.68. The summed E-state index contributed by atoms with van der Waals surface area (Å²) in [5.41, 5.74) is 2.80. The highest BCUT2D eigenvalue weighted by molar-refractivity contribution is 5.20. The van der Waals surface area contributed by atoms with Crippen LogP contribution in [0.2, 0.25) is 0 Å². The van der Waals surface area contributed by atoms with Crippen molar-refractivity contribution in [3.05, 3.63) is 53.6 Å². The lowest BCUT2D eigenvalue weighted by molar-refractivity contribution is 0.196. The van der Waals surface area contributed by atoms with E-state index >= 15 is 0 Å². The summed E-state index contributed by atoms with van der Waals surface area (Å²) in [6.45, 7) is 5.44.